The van der Waals surface area contributed by atoms with E-state index in [1.165, 1.54) is 11.9 Å². The van der Waals surface area contributed by atoms with Crippen molar-refractivity contribution in [3.05, 3.63) is 23.9 Å². The standard InChI is InChI=1S/C9H9N3O2S/c1-2-14-9(13)8-10-5-7-6(12-8)3-4-11-15-7/h3-5,11H,2H2,1H3. The summed E-state index contributed by atoms with van der Waals surface area (Å²) in [5.41, 5.74) is 0.733. The van der Waals surface area contributed by atoms with E-state index in [2.05, 4.69) is 14.7 Å². The van der Waals surface area contributed by atoms with Crippen LogP contribution in [0.5, 0.6) is 0 Å². The lowest BCUT2D eigenvalue weighted by Crippen LogP contribution is -2.12. The summed E-state index contributed by atoms with van der Waals surface area (Å²) in [6.45, 7) is 2.07. The molecule has 0 aromatic carbocycles. The van der Waals surface area contributed by atoms with Crippen molar-refractivity contribution in [2.45, 2.75) is 11.8 Å². The summed E-state index contributed by atoms with van der Waals surface area (Å²) in [7, 11) is 0. The fraction of sp³-hybridized carbons (Fsp3) is 0.222. The van der Waals surface area contributed by atoms with Crippen LogP contribution < -0.4 is 4.72 Å². The highest BCUT2D eigenvalue weighted by atomic mass is 32.2. The first-order chi connectivity index (χ1) is 7.31. The smallest absolute Gasteiger partial charge is 0.376 e. The average molecular weight is 223 g/mol. The van der Waals surface area contributed by atoms with Crippen LogP contribution in [-0.2, 0) is 4.74 Å². The van der Waals surface area contributed by atoms with Crippen LogP contribution in [-0.4, -0.2) is 22.5 Å². The highest BCUT2D eigenvalue weighted by molar-refractivity contribution is 7.97. The molecule has 0 unspecified atom stereocenters. The molecule has 0 spiro atoms. The number of carbonyl (C=O) groups excluding carboxylic acids is 1. The zero-order valence-corrected chi connectivity index (χ0v) is 8.87. The van der Waals surface area contributed by atoms with Crippen LogP contribution in [0.15, 0.2) is 17.3 Å². The van der Waals surface area contributed by atoms with Crippen LogP contribution >= 0.6 is 11.9 Å². The van der Waals surface area contributed by atoms with Crippen molar-refractivity contribution in [1.29, 1.82) is 0 Å². The number of hydrogen-bond donors (Lipinski definition) is 1. The van der Waals surface area contributed by atoms with Gasteiger partial charge in [0.05, 0.1) is 17.2 Å². The third-order valence-corrected chi connectivity index (χ3v) is 2.51. The Kier molecular flexibility index (Phi) is 2.86. The second kappa shape index (κ2) is 4.31. The molecule has 5 nitrogen and oxygen atoms in total. The minimum Gasteiger partial charge on any atom is -0.460 e. The molecule has 0 aliphatic carbocycles. The van der Waals surface area contributed by atoms with E-state index in [0.29, 0.717) is 6.61 Å². The number of carbonyl (C=O) groups is 1. The number of ether oxygens (including phenoxy) is 1. The van der Waals surface area contributed by atoms with Crippen molar-refractivity contribution in [3.8, 4) is 0 Å². The maximum atomic E-state index is 11.3. The first-order valence-electron chi connectivity index (χ1n) is 4.44. The van der Waals surface area contributed by atoms with Crippen LogP contribution in [0.2, 0.25) is 0 Å². The first-order valence-corrected chi connectivity index (χ1v) is 5.26. The molecule has 1 aromatic heterocycles. The topological polar surface area (TPSA) is 64.1 Å². The second-order valence-electron chi connectivity index (χ2n) is 2.72. The molecule has 0 saturated carbocycles. The SMILES string of the molecule is CCOC(=O)c1ncc2c(n1)C=CNS2. The van der Waals surface area contributed by atoms with Gasteiger partial charge in [-0.1, -0.05) is 0 Å². The number of rotatable bonds is 2. The number of aromatic nitrogens is 2. The number of fused-ring (bicyclic) bond motifs is 1. The van der Waals surface area contributed by atoms with E-state index in [1.807, 2.05) is 0 Å². The molecule has 2 heterocycles. The normalized spacial score (nSPS) is 12.9. The molecule has 1 aromatic rings. The lowest BCUT2D eigenvalue weighted by molar-refractivity contribution is 0.0511. The Morgan fingerprint density at radius 3 is 3.33 bits per heavy atom. The second-order valence-corrected chi connectivity index (χ2v) is 3.60. The number of esters is 1. The van der Waals surface area contributed by atoms with Crippen molar-refractivity contribution >= 4 is 24.0 Å². The predicted molar refractivity (Wildman–Crippen MR) is 56.0 cm³/mol. The van der Waals surface area contributed by atoms with Gasteiger partial charge in [-0.3, -0.25) is 0 Å². The van der Waals surface area contributed by atoms with E-state index < -0.39 is 5.97 Å². The molecule has 0 amide bonds. The lowest BCUT2D eigenvalue weighted by Gasteiger charge is -2.09. The zero-order chi connectivity index (χ0) is 10.7. The van der Waals surface area contributed by atoms with Gasteiger partial charge in [-0.05, 0) is 24.9 Å². The molecule has 2 rings (SSSR count). The Bertz CT molecular complexity index is 420. The van der Waals surface area contributed by atoms with Gasteiger partial charge in [-0.15, -0.1) is 0 Å². The van der Waals surface area contributed by atoms with Crippen molar-refractivity contribution in [2.24, 2.45) is 0 Å². The van der Waals surface area contributed by atoms with Gasteiger partial charge in [0.2, 0.25) is 5.82 Å². The van der Waals surface area contributed by atoms with E-state index in [-0.39, 0.29) is 5.82 Å². The van der Waals surface area contributed by atoms with Gasteiger partial charge in [0.1, 0.15) is 0 Å². The fourth-order valence-corrected chi connectivity index (χ4v) is 1.67. The van der Waals surface area contributed by atoms with Gasteiger partial charge in [0.25, 0.3) is 0 Å². The van der Waals surface area contributed by atoms with Gasteiger partial charge in [0.15, 0.2) is 0 Å². The van der Waals surface area contributed by atoms with Crippen LogP contribution in [0.1, 0.15) is 23.2 Å². The van der Waals surface area contributed by atoms with Crippen molar-refractivity contribution in [2.75, 3.05) is 6.61 Å². The summed E-state index contributed by atoms with van der Waals surface area (Å²) in [4.78, 5) is 20.3. The zero-order valence-electron chi connectivity index (χ0n) is 8.06. The molecular formula is C9H9N3O2S. The Balaban J connectivity index is 2.29. The molecule has 0 atom stereocenters. The minimum absolute atomic E-state index is 0.0998. The lowest BCUT2D eigenvalue weighted by atomic mass is 10.4. The number of nitrogens with zero attached hydrogens (tertiary/aromatic N) is 2. The highest BCUT2D eigenvalue weighted by Gasteiger charge is 2.14. The van der Waals surface area contributed by atoms with Crippen LogP contribution in [0, 0.1) is 0 Å². The van der Waals surface area contributed by atoms with E-state index in [0.717, 1.165) is 10.6 Å². The third-order valence-electron chi connectivity index (χ3n) is 1.72. The Morgan fingerprint density at radius 1 is 1.67 bits per heavy atom. The third kappa shape index (κ3) is 2.10. The van der Waals surface area contributed by atoms with E-state index in [9.17, 15) is 4.79 Å². The van der Waals surface area contributed by atoms with E-state index in [1.54, 1.807) is 25.4 Å². The molecular weight excluding hydrogens is 214 g/mol. The summed E-state index contributed by atoms with van der Waals surface area (Å²) in [6.07, 6.45) is 5.15. The van der Waals surface area contributed by atoms with Gasteiger partial charge >= 0.3 is 5.97 Å². The Labute approximate surface area is 91.1 Å². The molecule has 0 radical (unpaired) electrons. The van der Waals surface area contributed by atoms with Crippen LogP contribution in [0.4, 0.5) is 0 Å². The molecule has 1 N–H and O–H groups in total. The minimum atomic E-state index is -0.489. The Hall–Kier alpha value is -1.56. The number of nitrogens with one attached hydrogen (secondary N) is 1. The van der Waals surface area contributed by atoms with E-state index in [4.69, 9.17) is 4.74 Å². The van der Waals surface area contributed by atoms with E-state index >= 15 is 0 Å². The molecule has 0 saturated heterocycles. The molecule has 0 fully saturated rings. The quantitative estimate of drug-likeness (QED) is 0.601. The summed E-state index contributed by atoms with van der Waals surface area (Å²) in [6, 6.07) is 0. The molecule has 15 heavy (non-hydrogen) atoms. The largest absolute Gasteiger partial charge is 0.460 e. The van der Waals surface area contributed by atoms with Crippen molar-refractivity contribution < 1.29 is 9.53 Å². The monoisotopic (exact) mass is 223 g/mol. The molecule has 1 aliphatic rings. The van der Waals surface area contributed by atoms with Gasteiger partial charge < -0.3 is 9.46 Å². The van der Waals surface area contributed by atoms with Crippen LogP contribution in [0.25, 0.3) is 6.08 Å². The van der Waals surface area contributed by atoms with Crippen molar-refractivity contribution in [3.63, 3.8) is 0 Å². The summed E-state index contributed by atoms with van der Waals surface area (Å²) >= 11 is 1.41. The Morgan fingerprint density at radius 2 is 2.53 bits per heavy atom. The summed E-state index contributed by atoms with van der Waals surface area (Å²) < 4.78 is 7.76. The fourth-order valence-electron chi connectivity index (χ4n) is 1.09. The highest BCUT2D eigenvalue weighted by Crippen LogP contribution is 2.22. The van der Waals surface area contributed by atoms with Gasteiger partial charge in [-0.25, -0.2) is 14.8 Å². The summed E-state index contributed by atoms with van der Waals surface area (Å²) in [5, 5.41) is 0. The van der Waals surface area contributed by atoms with Crippen LogP contribution in [0.3, 0.4) is 0 Å². The number of hydrogen-bond acceptors (Lipinski definition) is 6. The predicted octanol–water partition coefficient (Wildman–Crippen LogP) is 1.23. The van der Waals surface area contributed by atoms with Gasteiger partial charge in [0, 0.05) is 12.4 Å². The molecule has 6 heteroatoms. The van der Waals surface area contributed by atoms with Crippen molar-refractivity contribution in [1.82, 2.24) is 14.7 Å². The van der Waals surface area contributed by atoms with Gasteiger partial charge in [-0.2, -0.15) is 0 Å². The maximum absolute atomic E-state index is 11.3. The summed E-state index contributed by atoms with van der Waals surface area (Å²) in [5.74, 6) is -0.389. The first kappa shape index (κ1) is 9.97. The molecule has 1 aliphatic heterocycles. The molecule has 78 valence electrons. The maximum Gasteiger partial charge on any atom is 0.376 e. The molecule has 0 bridgehead atoms. The average Bonchev–Trinajstić information content (AvgIpc) is 2.29.